The smallest absolute Gasteiger partial charge is 0.120 e. The maximum atomic E-state index is 9.83. The summed E-state index contributed by atoms with van der Waals surface area (Å²) in [6.07, 6.45) is 4.51. The Morgan fingerprint density at radius 2 is 2.11 bits per heavy atom. The number of aromatic hydroxyl groups is 1. The van der Waals surface area contributed by atoms with Gasteiger partial charge >= 0.3 is 0 Å². The summed E-state index contributed by atoms with van der Waals surface area (Å²) in [5, 5.41) is 22.6. The molecule has 0 bridgehead atoms. The summed E-state index contributed by atoms with van der Waals surface area (Å²) in [7, 11) is 0. The van der Waals surface area contributed by atoms with E-state index in [1.807, 2.05) is 18.2 Å². The highest BCUT2D eigenvalue weighted by molar-refractivity contribution is 5.34. The van der Waals surface area contributed by atoms with Gasteiger partial charge < -0.3 is 15.5 Å². The summed E-state index contributed by atoms with van der Waals surface area (Å²) < 4.78 is 0. The highest BCUT2D eigenvalue weighted by Gasteiger charge is 2.23. The zero-order valence-electron chi connectivity index (χ0n) is 11.0. The third kappa shape index (κ3) is 3.24. The lowest BCUT2D eigenvalue weighted by atomic mass is 9.85. The van der Waals surface area contributed by atoms with Gasteiger partial charge in [0, 0.05) is 24.3 Å². The first-order valence-corrected chi connectivity index (χ1v) is 6.85. The van der Waals surface area contributed by atoms with Gasteiger partial charge in [0.2, 0.25) is 0 Å². The van der Waals surface area contributed by atoms with Crippen LogP contribution in [0.2, 0.25) is 0 Å². The highest BCUT2D eigenvalue weighted by Crippen LogP contribution is 2.28. The Balaban J connectivity index is 1.95. The number of hydrogen-bond acceptors (Lipinski definition) is 3. The van der Waals surface area contributed by atoms with Crippen molar-refractivity contribution in [1.29, 1.82) is 0 Å². The van der Waals surface area contributed by atoms with E-state index >= 15 is 0 Å². The largest absolute Gasteiger partial charge is 0.508 e. The minimum absolute atomic E-state index is 0.147. The molecule has 0 radical (unpaired) electrons. The number of nitrogens with one attached hydrogen (secondary N) is 1. The summed E-state index contributed by atoms with van der Waals surface area (Å²) in [6.45, 7) is 2.38. The zero-order chi connectivity index (χ0) is 13.0. The summed E-state index contributed by atoms with van der Waals surface area (Å²) in [5.74, 6) is 0.792. The molecule has 0 amide bonds. The molecule has 3 unspecified atom stereocenters. The molecule has 1 aliphatic rings. The van der Waals surface area contributed by atoms with E-state index < -0.39 is 0 Å². The van der Waals surface area contributed by atoms with Gasteiger partial charge in [-0.3, -0.25) is 0 Å². The van der Waals surface area contributed by atoms with Crippen molar-refractivity contribution in [1.82, 2.24) is 5.32 Å². The predicted molar refractivity (Wildman–Crippen MR) is 72.5 cm³/mol. The van der Waals surface area contributed by atoms with Gasteiger partial charge in [-0.2, -0.15) is 0 Å². The summed E-state index contributed by atoms with van der Waals surface area (Å²) in [6, 6.07) is 8.07. The molecular weight excluding hydrogens is 226 g/mol. The molecule has 0 aliphatic heterocycles. The summed E-state index contributed by atoms with van der Waals surface area (Å²) in [5.41, 5.74) is 0.948. The average Bonchev–Trinajstić information content (AvgIpc) is 2.39. The molecule has 2 rings (SSSR count). The third-order valence-electron chi connectivity index (χ3n) is 3.93. The van der Waals surface area contributed by atoms with Gasteiger partial charge in [-0.25, -0.2) is 0 Å². The highest BCUT2D eigenvalue weighted by atomic mass is 16.3. The Morgan fingerprint density at radius 3 is 2.83 bits per heavy atom. The lowest BCUT2D eigenvalue weighted by molar-refractivity contribution is 0.167. The maximum absolute atomic E-state index is 9.83. The van der Waals surface area contributed by atoms with Crippen LogP contribution in [0.4, 0.5) is 0 Å². The van der Waals surface area contributed by atoms with Gasteiger partial charge in [0.15, 0.2) is 0 Å². The van der Waals surface area contributed by atoms with Crippen molar-refractivity contribution < 1.29 is 10.2 Å². The van der Waals surface area contributed by atoms with Crippen LogP contribution in [0, 0.1) is 5.92 Å². The van der Waals surface area contributed by atoms with Crippen molar-refractivity contribution in [3.8, 4) is 5.75 Å². The lowest BCUT2D eigenvalue weighted by Crippen LogP contribution is -2.36. The Labute approximate surface area is 109 Å². The lowest BCUT2D eigenvalue weighted by Gasteiger charge is -2.31. The first-order chi connectivity index (χ1) is 8.70. The van der Waals surface area contributed by atoms with Gasteiger partial charge in [0.05, 0.1) is 0 Å². The minimum Gasteiger partial charge on any atom is -0.508 e. The normalized spacial score (nSPS) is 25.9. The number of rotatable bonds is 4. The minimum atomic E-state index is 0.147. The van der Waals surface area contributed by atoms with Crippen LogP contribution in [0.3, 0.4) is 0 Å². The van der Waals surface area contributed by atoms with Gasteiger partial charge in [-0.15, -0.1) is 0 Å². The monoisotopic (exact) mass is 249 g/mol. The Kier molecular flexibility index (Phi) is 4.61. The van der Waals surface area contributed by atoms with Crippen molar-refractivity contribution in [2.45, 2.75) is 44.7 Å². The Bertz CT molecular complexity index is 381. The van der Waals surface area contributed by atoms with Crippen LogP contribution < -0.4 is 5.32 Å². The SMILES string of the molecule is CC(NC1CCCC(CO)C1)c1ccccc1O. The number of phenolic OH excluding ortho intramolecular Hbond substituents is 1. The maximum Gasteiger partial charge on any atom is 0.120 e. The van der Waals surface area contributed by atoms with Gasteiger partial charge in [-0.05, 0) is 38.2 Å². The summed E-state index contributed by atoms with van der Waals surface area (Å²) in [4.78, 5) is 0. The van der Waals surface area contributed by atoms with E-state index in [0.29, 0.717) is 24.3 Å². The molecule has 3 atom stereocenters. The van der Waals surface area contributed by atoms with Crippen LogP contribution in [0.5, 0.6) is 5.75 Å². The standard InChI is InChI=1S/C15H23NO2/c1-11(14-7-2-3-8-15(14)18)16-13-6-4-5-12(9-13)10-17/h2-3,7-8,11-13,16-18H,4-6,9-10H2,1H3. The van der Waals surface area contributed by atoms with Crippen molar-refractivity contribution in [2.24, 2.45) is 5.92 Å². The molecule has 1 aliphatic carbocycles. The Morgan fingerprint density at radius 1 is 1.33 bits per heavy atom. The number of hydrogen-bond donors (Lipinski definition) is 3. The van der Waals surface area contributed by atoms with E-state index in [0.717, 1.165) is 24.8 Å². The molecule has 0 heterocycles. The van der Waals surface area contributed by atoms with Crippen molar-refractivity contribution in [3.05, 3.63) is 29.8 Å². The van der Waals surface area contributed by atoms with Crippen LogP contribution in [-0.2, 0) is 0 Å². The van der Waals surface area contributed by atoms with Gasteiger partial charge in [0.1, 0.15) is 5.75 Å². The van der Waals surface area contributed by atoms with E-state index in [1.165, 1.54) is 6.42 Å². The molecule has 18 heavy (non-hydrogen) atoms. The number of phenols is 1. The van der Waals surface area contributed by atoms with Crippen LogP contribution in [0.1, 0.15) is 44.2 Å². The fourth-order valence-electron chi connectivity index (χ4n) is 2.91. The zero-order valence-corrected chi connectivity index (χ0v) is 11.0. The summed E-state index contributed by atoms with van der Waals surface area (Å²) >= 11 is 0. The van der Waals surface area contributed by atoms with Crippen molar-refractivity contribution in [3.63, 3.8) is 0 Å². The Hall–Kier alpha value is -1.06. The second kappa shape index (κ2) is 6.21. The fraction of sp³-hybridized carbons (Fsp3) is 0.600. The van der Waals surface area contributed by atoms with E-state index in [2.05, 4.69) is 12.2 Å². The molecule has 0 spiro atoms. The van der Waals surface area contributed by atoms with Crippen LogP contribution in [0.25, 0.3) is 0 Å². The number of aliphatic hydroxyl groups is 1. The number of benzene rings is 1. The number of para-hydroxylation sites is 1. The molecule has 3 N–H and O–H groups in total. The van der Waals surface area contributed by atoms with Gasteiger partial charge in [0.25, 0.3) is 0 Å². The van der Waals surface area contributed by atoms with Crippen LogP contribution in [-0.4, -0.2) is 22.9 Å². The first kappa shape index (κ1) is 13.4. The third-order valence-corrected chi connectivity index (χ3v) is 3.93. The molecular formula is C15H23NO2. The first-order valence-electron chi connectivity index (χ1n) is 6.85. The molecule has 3 nitrogen and oxygen atoms in total. The van der Waals surface area contributed by atoms with Crippen LogP contribution in [0.15, 0.2) is 24.3 Å². The molecule has 0 aromatic heterocycles. The molecule has 1 saturated carbocycles. The van der Waals surface area contributed by atoms with E-state index in [9.17, 15) is 10.2 Å². The van der Waals surface area contributed by atoms with E-state index in [4.69, 9.17) is 0 Å². The van der Waals surface area contributed by atoms with Crippen molar-refractivity contribution >= 4 is 0 Å². The second-order valence-corrected chi connectivity index (χ2v) is 5.36. The van der Waals surface area contributed by atoms with Gasteiger partial charge in [-0.1, -0.05) is 24.6 Å². The van der Waals surface area contributed by atoms with Crippen LogP contribution >= 0.6 is 0 Å². The molecule has 1 fully saturated rings. The van der Waals surface area contributed by atoms with E-state index in [-0.39, 0.29) is 6.04 Å². The van der Waals surface area contributed by atoms with Crippen molar-refractivity contribution in [2.75, 3.05) is 6.61 Å². The molecule has 1 aromatic rings. The molecule has 0 saturated heterocycles. The number of aliphatic hydroxyl groups excluding tert-OH is 1. The molecule has 100 valence electrons. The molecule has 1 aromatic carbocycles. The molecule has 3 heteroatoms. The fourth-order valence-corrected chi connectivity index (χ4v) is 2.91. The average molecular weight is 249 g/mol. The quantitative estimate of drug-likeness (QED) is 0.769. The second-order valence-electron chi connectivity index (χ2n) is 5.36. The van der Waals surface area contributed by atoms with E-state index in [1.54, 1.807) is 6.07 Å². The topological polar surface area (TPSA) is 52.5 Å². The predicted octanol–water partition coefficient (Wildman–Crippen LogP) is 2.59.